The van der Waals surface area contributed by atoms with Crippen LogP contribution in [0.4, 0.5) is 0 Å². The van der Waals surface area contributed by atoms with Gasteiger partial charge in [0.1, 0.15) is 0 Å². The summed E-state index contributed by atoms with van der Waals surface area (Å²) in [5.74, 6) is -0.403. The topological polar surface area (TPSA) is 37.3 Å². The second-order valence-corrected chi connectivity index (χ2v) is 4.09. The van der Waals surface area contributed by atoms with Gasteiger partial charge >= 0.3 is 0 Å². The number of hydrogen-bond donors (Lipinski definition) is 1. The van der Waals surface area contributed by atoms with Gasteiger partial charge < -0.3 is 5.11 Å². The molecule has 0 aromatic heterocycles. The van der Waals surface area contributed by atoms with E-state index in [1.807, 2.05) is 32.0 Å². The SMILES string of the molecule is Cc1ccc([C@H]2C(=O)C=C[C@@H]2O)c(C)c1. The van der Waals surface area contributed by atoms with Crippen LogP contribution in [0.3, 0.4) is 0 Å². The molecule has 0 saturated carbocycles. The molecule has 1 aliphatic rings. The molecule has 0 saturated heterocycles. The molecule has 1 N–H and O–H groups in total. The Morgan fingerprint density at radius 1 is 1.27 bits per heavy atom. The van der Waals surface area contributed by atoms with Crippen molar-refractivity contribution in [2.45, 2.75) is 25.9 Å². The van der Waals surface area contributed by atoms with Crippen LogP contribution in [0.25, 0.3) is 0 Å². The van der Waals surface area contributed by atoms with Crippen molar-refractivity contribution in [3.8, 4) is 0 Å². The molecule has 78 valence electrons. The van der Waals surface area contributed by atoms with E-state index in [-0.39, 0.29) is 5.78 Å². The van der Waals surface area contributed by atoms with Gasteiger partial charge in [-0.25, -0.2) is 0 Å². The Balaban J connectivity index is 2.42. The van der Waals surface area contributed by atoms with Crippen LogP contribution in [0, 0.1) is 13.8 Å². The van der Waals surface area contributed by atoms with Crippen LogP contribution in [0.15, 0.2) is 30.4 Å². The third-order valence-electron chi connectivity index (χ3n) is 2.87. The van der Waals surface area contributed by atoms with Crippen LogP contribution in [-0.2, 0) is 4.79 Å². The zero-order valence-electron chi connectivity index (χ0n) is 8.90. The monoisotopic (exact) mass is 202 g/mol. The van der Waals surface area contributed by atoms with Gasteiger partial charge in [0.25, 0.3) is 0 Å². The number of rotatable bonds is 1. The van der Waals surface area contributed by atoms with E-state index in [0.717, 1.165) is 11.1 Å². The Labute approximate surface area is 89.2 Å². The van der Waals surface area contributed by atoms with Gasteiger partial charge in [0.2, 0.25) is 0 Å². The van der Waals surface area contributed by atoms with Crippen molar-refractivity contribution in [2.75, 3.05) is 0 Å². The standard InChI is InChI=1S/C13H14O2/c1-8-3-4-10(9(2)7-8)13-11(14)5-6-12(13)15/h3-7,11,13-14H,1-2H3/t11-,13+/m0/s1. The van der Waals surface area contributed by atoms with E-state index in [2.05, 4.69) is 0 Å². The molecule has 0 fully saturated rings. The second-order valence-electron chi connectivity index (χ2n) is 4.09. The van der Waals surface area contributed by atoms with E-state index in [1.54, 1.807) is 6.08 Å². The van der Waals surface area contributed by atoms with Gasteiger partial charge in [-0.2, -0.15) is 0 Å². The lowest BCUT2D eigenvalue weighted by Gasteiger charge is -2.16. The fourth-order valence-electron chi connectivity index (χ4n) is 2.09. The second kappa shape index (κ2) is 3.63. The predicted molar refractivity (Wildman–Crippen MR) is 58.8 cm³/mol. The molecule has 0 spiro atoms. The van der Waals surface area contributed by atoms with Crippen LogP contribution >= 0.6 is 0 Å². The number of allylic oxidation sites excluding steroid dienone is 1. The number of aliphatic hydroxyl groups is 1. The fraction of sp³-hybridized carbons (Fsp3) is 0.308. The maximum atomic E-state index is 11.6. The maximum Gasteiger partial charge on any atom is 0.165 e. The Morgan fingerprint density at radius 3 is 2.53 bits per heavy atom. The first-order chi connectivity index (χ1) is 7.09. The van der Waals surface area contributed by atoms with E-state index in [4.69, 9.17) is 0 Å². The minimum absolute atomic E-state index is 0.00514. The minimum atomic E-state index is -0.668. The summed E-state index contributed by atoms with van der Waals surface area (Å²) in [6, 6.07) is 5.94. The highest BCUT2D eigenvalue weighted by Crippen LogP contribution is 2.29. The van der Waals surface area contributed by atoms with Crippen LogP contribution in [0.5, 0.6) is 0 Å². The van der Waals surface area contributed by atoms with Crippen molar-refractivity contribution < 1.29 is 9.90 Å². The minimum Gasteiger partial charge on any atom is -0.388 e. The van der Waals surface area contributed by atoms with Gasteiger partial charge in [-0.05, 0) is 31.1 Å². The largest absolute Gasteiger partial charge is 0.388 e. The van der Waals surface area contributed by atoms with E-state index < -0.39 is 12.0 Å². The molecule has 0 bridgehead atoms. The molecular weight excluding hydrogens is 188 g/mol. The lowest BCUT2D eigenvalue weighted by atomic mass is 9.90. The van der Waals surface area contributed by atoms with Gasteiger partial charge in [0, 0.05) is 0 Å². The van der Waals surface area contributed by atoms with Gasteiger partial charge in [0.15, 0.2) is 5.78 Å². The quantitative estimate of drug-likeness (QED) is 0.755. The van der Waals surface area contributed by atoms with Crippen LogP contribution < -0.4 is 0 Å². The molecule has 1 aromatic rings. The van der Waals surface area contributed by atoms with Crippen molar-refractivity contribution >= 4 is 5.78 Å². The average Bonchev–Trinajstić information content (AvgIpc) is 2.48. The zero-order valence-corrected chi connectivity index (χ0v) is 8.90. The van der Waals surface area contributed by atoms with E-state index in [9.17, 15) is 9.90 Å². The molecule has 0 radical (unpaired) electrons. The number of aliphatic hydroxyl groups excluding tert-OH is 1. The van der Waals surface area contributed by atoms with Crippen molar-refractivity contribution in [1.29, 1.82) is 0 Å². The molecule has 0 aliphatic heterocycles. The molecule has 2 nitrogen and oxygen atoms in total. The van der Waals surface area contributed by atoms with E-state index >= 15 is 0 Å². The number of aryl methyl sites for hydroxylation is 2. The highest BCUT2D eigenvalue weighted by atomic mass is 16.3. The third kappa shape index (κ3) is 1.73. The number of hydrogen-bond acceptors (Lipinski definition) is 2. The lowest BCUT2D eigenvalue weighted by molar-refractivity contribution is -0.116. The smallest absolute Gasteiger partial charge is 0.165 e. The maximum absolute atomic E-state index is 11.6. The first-order valence-electron chi connectivity index (χ1n) is 5.07. The molecule has 0 amide bonds. The first kappa shape index (κ1) is 10.1. The number of carbonyl (C=O) groups excluding carboxylic acids is 1. The predicted octanol–water partition coefficient (Wildman–Crippen LogP) is 1.89. The Hall–Kier alpha value is -1.41. The molecule has 2 heteroatoms. The fourth-order valence-corrected chi connectivity index (χ4v) is 2.09. The Morgan fingerprint density at radius 2 is 2.00 bits per heavy atom. The molecule has 0 heterocycles. The summed E-state index contributed by atoms with van der Waals surface area (Å²) in [4.78, 5) is 11.6. The van der Waals surface area contributed by atoms with Gasteiger partial charge in [-0.3, -0.25) is 4.79 Å². The summed E-state index contributed by atoms with van der Waals surface area (Å²) >= 11 is 0. The highest BCUT2D eigenvalue weighted by molar-refractivity contribution is 5.99. The van der Waals surface area contributed by atoms with Crippen molar-refractivity contribution in [2.24, 2.45) is 0 Å². The first-order valence-corrected chi connectivity index (χ1v) is 5.07. The van der Waals surface area contributed by atoms with Gasteiger partial charge in [0.05, 0.1) is 12.0 Å². The number of benzene rings is 1. The summed E-state index contributed by atoms with van der Waals surface area (Å²) in [5, 5.41) is 9.70. The molecule has 15 heavy (non-hydrogen) atoms. The summed E-state index contributed by atoms with van der Waals surface area (Å²) in [7, 11) is 0. The summed E-state index contributed by atoms with van der Waals surface area (Å²) in [6.07, 6.45) is 2.36. The zero-order chi connectivity index (χ0) is 11.0. The number of carbonyl (C=O) groups is 1. The van der Waals surface area contributed by atoms with Crippen LogP contribution in [0.2, 0.25) is 0 Å². The van der Waals surface area contributed by atoms with E-state index in [0.29, 0.717) is 0 Å². The third-order valence-corrected chi connectivity index (χ3v) is 2.87. The Bertz CT molecular complexity index is 432. The van der Waals surface area contributed by atoms with Gasteiger partial charge in [-0.15, -0.1) is 0 Å². The summed E-state index contributed by atoms with van der Waals surface area (Å²) in [5.41, 5.74) is 3.17. The van der Waals surface area contributed by atoms with E-state index in [1.165, 1.54) is 11.6 Å². The van der Waals surface area contributed by atoms with Crippen molar-refractivity contribution in [3.63, 3.8) is 0 Å². The van der Waals surface area contributed by atoms with Crippen molar-refractivity contribution in [1.82, 2.24) is 0 Å². The summed E-state index contributed by atoms with van der Waals surface area (Å²) < 4.78 is 0. The number of ketones is 1. The molecule has 2 atom stereocenters. The highest BCUT2D eigenvalue weighted by Gasteiger charge is 2.30. The summed E-state index contributed by atoms with van der Waals surface area (Å²) in [6.45, 7) is 3.99. The van der Waals surface area contributed by atoms with Crippen LogP contribution in [-0.4, -0.2) is 17.0 Å². The Kier molecular flexibility index (Phi) is 2.45. The lowest BCUT2D eigenvalue weighted by Crippen LogP contribution is -2.18. The molecule has 1 aromatic carbocycles. The van der Waals surface area contributed by atoms with Gasteiger partial charge in [-0.1, -0.05) is 29.8 Å². The van der Waals surface area contributed by atoms with Crippen molar-refractivity contribution in [3.05, 3.63) is 47.0 Å². The molecular formula is C13H14O2. The molecule has 2 rings (SSSR count). The molecule has 1 aliphatic carbocycles. The molecule has 0 unspecified atom stereocenters. The normalized spacial score (nSPS) is 24.9. The average molecular weight is 202 g/mol. The van der Waals surface area contributed by atoms with Crippen LogP contribution in [0.1, 0.15) is 22.6 Å².